The first-order valence-corrected chi connectivity index (χ1v) is 12.7. The Morgan fingerprint density at radius 1 is 0.971 bits per heavy atom. The molecule has 4 rings (SSSR count). The van der Waals surface area contributed by atoms with E-state index >= 15 is 0 Å². The Morgan fingerprint density at radius 3 is 2.32 bits per heavy atom. The monoisotopic (exact) mass is 458 g/mol. The van der Waals surface area contributed by atoms with E-state index in [1.165, 1.54) is 33.5 Å². The average molecular weight is 459 g/mol. The number of fused-ring (bicyclic) bond motifs is 1. The molecule has 0 saturated carbocycles. The van der Waals surface area contributed by atoms with E-state index in [0.29, 0.717) is 6.61 Å². The molecule has 4 heteroatoms. The molecule has 0 atom stereocenters. The molecule has 1 aromatic heterocycles. The molecule has 0 radical (unpaired) electrons. The van der Waals surface area contributed by atoms with Crippen molar-refractivity contribution in [3.63, 3.8) is 0 Å². The predicted molar refractivity (Wildman–Crippen MR) is 141 cm³/mol. The lowest BCUT2D eigenvalue weighted by Gasteiger charge is -2.24. The van der Waals surface area contributed by atoms with E-state index in [1.54, 1.807) is 0 Å². The van der Waals surface area contributed by atoms with Crippen LogP contribution in [0.3, 0.4) is 0 Å². The molecule has 180 valence electrons. The summed E-state index contributed by atoms with van der Waals surface area (Å²) in [4.78, 5) is 7.58. The molecule has 1 aliphatic rings. The van der Waals surface area contributed by atoms with Gasteiger partial charge in [-0.1, -0.05) is 38.1 Å². The second-order valence-electron chi connectivity index (χ2n) is 9.25. The number of aromatic nitrogens is 1. The zero-order valence-electron chi connectivity index (χ0n) is 21.6. The van der Waals surface area contributed by atoms with Crippen molar-refractivity contribution in [3.8, 4) is 22.8 Å². The van der Waals surface area contributed by atoms with Gasteiger partial charge in [-0.15, -0.1) is 0 Å². The van der Waals surface area contributed by atoms with Crippen molar-refractivity contribution in [1.82, 2.24) is 4.98 Å². The molecule has 0 saturated heterocycles. The lowest BCUT2D eigenvalue weighted by molar-refractivity contribution is 0.239. The van der Waals surface area contributed by atoms with E-state index in [-0.39, 0.29) is 6.10 Å². The Balaban J connectivity index is 1.76. The van der Waals surface area contributed by atoms with Gasteiger partial charge in [-0.3, -0.25) is 4.98 Å². The number of anilines is 1. The summed E-state index contributed by atoms with van der Waals surface area (Å²) in [6, 6.07) is 15.2. The predicted octanol–water partition coefficient (Wildman–Crippen LogP) is 6.93. The van der Waals surface area contributed by atoms with E-state index in [9.17, 15) is 0 Å². The van der Waals surface area contributed by atoms with Gasteiger partial charge in [0, 0.05) is 47.2 Å². The highest BCUT2D eigenvalue weighted by Gasteiger charge is 2.25. The molecular formula is C30H38N2O2. The molecule has 0 aliphatic carbocycles. The minimum absolute atomic E-state index is 0.0934. The summed E-state index contributed by atoms with van der Waals surface area (Å²) in [5.41, 5.74) is 9.74. The molecule has 0 bridgehead atoms. The van der Waals surface area contributed by atoms with E-state index in [4.69, 9.17) is 14.5 Å². The van der Waals surface area contributed by atoms with Crippen LogP contribution < -0.4 is 14.4 Å². The molecular weight excluding hydrogens is 420 g/mol. The number of pyridine rings is 1. The van der Waals surface area contributed by atoms with Crippen molar-refractivity contribution < 1.29 is 9.47 Å². The standard InChI is InChI=1S/C30H38N2O2/c1-7-22-12-10-13-23(8-2)30(22)26-18-29(34-20(4)5)25(21(6)31-26)19-32-17-16-24-27(32)14-11-15-28(24)33-9-3/h10-15,18,20H,7-9,16-17,19H2,1-6H3. The van der Waals surface area contributed by atoms with Gasteiger partial charge in [0.25, 0.3) is 0 Å². The number of benzene rings is 2. The molecule has 34 heavy (non-hydrogen) atoms. The van der Waals surface area contributed by atoms with Gasteiger partial charge in [0.05, 0.1) is 18.4 Å². The second kappa shape index (κ2) is 10.5. The first kappa shape index (κ1) is 24.1. The van der Waals surface area contributed by atoms with Crippen LogP contribution in [0.1, 0.15) is 62.6 Å². The summed E-state index contributed by atoms with van der Waals surface area (Å²) in [5.74, 6) is 1.95. The Labute approximate surface area is 204 Å². The fourth-order valence-electron chi connectivity index (χ4n) is 5.04. The first-order valence-electron chi connectivity index (χ1n) is 12.7. The van der Waals surface area contributed by atoms with Crippen LogP contribution >= 0.6 is 0 Å². The highest BCUT2D eigenvalue weighted by Crippen LogP contribution is 2.39. The smallest absolute Gasteiger partial charge is 0.128 e. The van der Waals surface area contributed by atoms with Gasteiger partial charge in [-0.05, 0) is 70.2 Å². The third-order valence-electron chi connectivity index (χ3n) is 6.64. The highest BCUT2D eigenvalue weighted by molar-refractivity contribution is 5.71. The minimum atomic E-state index is 0.0934. The van der Waals surface area contributed by atoms with Gasteiger partial charge in [-0.25, -0.2) is 0 Å². The maximum atomic E-state index is 6.40. The third-order valence-corrected chi connectivity index (χ3v) is 6.64. The zero-order chi connectivity index (χ0) is 24.2. The van der Waals surface area contributed by atoms with Crippen molar-refractivity contribution in [3.05, 3.63) is 70.4 Å². The summed E-state index contributed by atoms with van der Waals surface area (Å²) in [7, 11) is 0. The zero-order valence-corrected chi connectivity index (χ0v) is 21.6. The fraction of sp³-hybridized carbons (Fsp3) is 0.433. The number of ether oxygens (including phenoxy) is 2. The molecule has 0 amide bonds. The number of hydrogen-bond acceptors (Lipinski definition) is 4. The van der Waals surface area contributed by atoms with Crippen LogP contribution in [-0.4, -0.2) is 24.2 Å². The summed E-state index contributed by atoms with van der Waals surface area (Å²) >= 11 is 0. The first-order chi connectivity index (χ1) is 16.5. The van der Waals surface area contributed by atoms with E-state index < -0.39 is 0 Å². The average Bonchev–Trinajstić information content (AvgIpc) is 3.24. The van der Waals surface area contributed by atoms with Gasteiger partial charge in [-0.2, -0.15) is 0 Å². The highest BCUT2D eigenvalue weighted by atomic mass is 16.5. The van der Waals surface area contributed by atoms with Gasteiger partial charge in [0.2, 0.25) is 0 Å². The van der Waals surface area contributed by atoms with Crippen LogP contribution in [0, 0.1) is 6.92 Å². The Hall–Kier alpha value is -3.01. The summed E-state index contributed by atoms with van der Waals surface area (Å²) < 4.78 is 12.3. The van der Waals surface area contributed by atoms with Gasteiger partial charge in [0.1, 0.15) is 11.5 Å². The molecule has 4 nitrogen and oxygen atoms in total. The topological polar surface area (TPSA) is 34.6 Å². The molecule has 0 fully saturated rings. The molecule has 0 spiro atoms. The van der Waals surface area contributed by atoms with Crippen LogP contribution in [0.2, 0.25) is 0 Å². The maximum absolute atomic E-state index is 6.40. The van der Waals surface area contributed by atoms with Crippen molar-refractivity contribution in [1.29, 1.82) is 0 Å². The third kappa shape index (κ3) is 4.77. The van der Waals surface area contributed by atoms with Crippen LogP contribution in [0.25, 0.3) is 11.3 Å². The van der Waals surface area contributed by atoms with Crippen molar-refractivity contribution >= 4 is 5.69 Å². The molecule has 0 N–H and O–H groups in total. The Kier molecular flexibility index (Phi) is 7.45. The minimum Gasteiger partial charge on any atom is -0.494 e. The normalized spacial score (nSPS) is 12.9. The fourth-order valence-corrected chi connectivity index (χ4v) is 5.04. The quantitative estimate of drug-likeness (QED) is 0.348. The second-order valence-corrected chi connectivity index (χ2v) is 9.25. The molecule has 3 aromatic rings. The Morgan fingerprint density at radius 2 is 1.68 bits per heavy atom. The molecule has 2 heterocycles. The largest absolute Gasteiger partial charge is 0.494 e. The van der Waals surface area contributed by atoms with Crippen LogP contribution in [-0.2, 0) is 25.8 Å². The summed E-state index contributed by atoms with van der Waals surface area (Å²) in [6.45, 7) is 15.2. The van der Waals surface area contributed by atoms with Gasteiger partial charge in [0.15, 0.2) is 0 Å². The number of aryl methyl sites for hydroxylation is 3. The van der Waals surface area contributed by atoms with Crippen molar-refractivity contribution in [2.45, 2.75) is 73.5 Å². The number of nitrogens with zero attached hydrogens (tertiary/aromatic N) is 2. The number of rotatable bonds is 9. The Bertz CT molecular complexity index is 1130. The molecule has 1 aliphatic heterocycles. The lowest BCUT2D eigenvalue weighted by Crippen LogP contribution is -2.22. The molecule has 2 aromatic carbocycles. The SMILES string of the molecule is CCOc1cccc2c1CCN2Cc1c(OC(C)C)cc(-c2c(CC)cccc2CC)nc1C. The van der Waals surface area contributed by atoms with Gasteiger partial charge >= 0.3 is 0 Å². The van der Waals surface area contributed by atoms with E-state index in [0.717, 1.165) is 55.2 Å². The van der Waals surface area contributed by atoms with Gasteiger partial charge < -0.3 is 14.4 Å². The maximum Gasteiger partial charge on any atom is 0.128 e. The van der Waals surface area contributed by atoms with Crippen molar-refractivity contribution in [2.24, 2.45) is 0 Å². The summed E-state index contributed by atoms with van der Waals surface area (Å²) in [5, 5.41) is 0. The van der Waals surface area contributed by atoms with Crippen LogP contribution in [0.5, 0.6) is 11.5 Å². The van der Waals surface area contributed by atoms with E-state index in [1.807, 2.05) is 6.92 Å². The van der Waals surface area contributed by atoms with Crippen molar-refractivity contribution in [2.75, 3.05) is 18.1 Å². The van der Waals surface area contributed by atoms with Crippen LogP contribution in [0.15, 0.2) is 42.5 Å². The van der Waals surface area contributed by atoms with Crippen LogP contribution in [0.4, 0.5) is 5.69 Å². The summed E-state index contributed by atoms with van der Waals surface area (Å²) in [6.07, 6.45) is 3.06. The van der Waals surface area contributed by atoms with E-state index in [2.05, 4.69) is 82.0 Å². The number of hydrogen-bond donors (Lipinski definition) is 0. The molecule has 0 unspecified atom stereocenters. The lowest BCUT2D eigenvalue weighted by atomic mass is 9.94.